The number of benzene rings is 1. The van der Waals surface area contributed by atoms with Crippen molar-refractivity contribution in [2.45, 2.75) is 19.3 Å². The van der Waals surface area contributed by atoms with Crippen LogP contribution in [-0.4, -0.2) is 26.2 Å². The van der Waals surface area contributed by atoms with E-state index in [0.717, 1.165) is 48.4 Å². The van der Waals surface area contributed by atoms with E-state index in [4.69, 9.17) is 5.10 Å². The summed E-state index contributed by atoms with van der Waals surface area (Å²) in [7, 11) is 0. The molecule has 0 aliphatic carbocycles. The number of hydrogen-bond donors (Lipinski definition) is 1. The van der Waals surface area contributed by atoms with Crippen LogP contribution in [-0.2, 0) is 6.42 Å². The van der Waals surface area contributed by atoms with Crippen LogP contribution in [0.4, 0.5) is 11.5 Å². The highest BCUT2D eigenvalue weighted by molar-refractivity contribution is 5.72. The Hall–Kier alpha value is -3.22. The summed E-state index contributed by atoms with van der Waals surface area (Å²) in [5, 5.41) is 19.6. The van der Waals surface area contributed by atoms with Crippen molar-refractivity contribution >= 4 is 11.5 Å². The van der Waals surface area contributed by atoms with E-state index in [0.29, 0.717) is 5.69 Å². The molecule has 0 amide bonds. The third-order valence-electron chi connectivity index (χ3n) is 4.37. The fourth-order valence-corrected chi connectivity index (χ4v) is 3.21. The van der Waals surface area contributed by atoms with Crippen molar-refractivity contribution in [3.05, 3.63) is 64.5 Å². The average Bonchev–Trinajstić information content (AvgIpc) is 2.83. The number of anilines is 1. The molecular weight excluding hydrogens is 318 g/mol. The number of fused-ring (bicyclic) bond motifs is 1. The van der Waals surface area contributed by atoms with Gasteiger partial charge in [-0.15, -0.1) is 0 Å². The Labute approximate surface area is 144 Å². The molecule has 126 valence electrons. The Morgan fingerprint density at radius 3 is 2.84 bits per heavy atom. The topological polar surface area (TPSA) is 85.9 Å². The SMILES string of the molecule is O=[N+]([O-])c1ccccc1-n1nc(-c2cccnc2)c2c1NCCCC2. The second-order valence-electron chi connectivity index (χ2n) is 5.96. The lowest BCUT2D eigenvalue weighted by atomic mass is 10.1. The number of nitro groups is 1. The number of pyridine rings is 1. The molecule has 3 heterocycles. The zero-order valence-electron chi connectivity index (χ0n) is 13.6. The van der Waals surface area contributed by atoms with E-state index in [-0.39, 0.29) is 10.6 Å². The lowest BCUT2D eigenvalue weighted by Crippen LogP contribution is -2.08. The van der Waals surface area contributed by atoms with E-state index in [1.165, 1.54) is 6.07 Å². The van der Waals surface area contributed by atoms with Crippen LogP contribution in [0.2, 0.25) is 0 Å². The van der Waals surface area contributed by atoms with Gasteiger partial charge >= 0.3 is 0 Å². The number of nitrogens with one attached hydrogen (secondary N) is 1. The lowest BCUT2D eigenvalue weighted by Gasteiger charge is -2.09. The van der Waals surface area contributed by atoms with Gasteiger partial charge in [-0.25, -0.2) is 4.68 Å². The Morgan fingerprint density at radius 2 is 2.04 bits per heavy atom. The second kappa shape index (κ2) is 6.35. The number of para-hydroxylation sites is 2. The molecule has 7 nitrogen and oxygen atoms in total. The van der Waals surface area contributed by atoms with Crippen LogP contribution in [0.25, 0.3) is 16.9 Å². The summed E-state index contributed by atoms with van der Waals surface area (Å²) in [6, 6.07) is 10.5. The molecule has 3 aromatic rings. The Bertz CT molecular complexity index is 920. The van der Waals surface area contributed by atoms with Gasteiger partial charge in [0.15, 0.2) is 0 Å². The van der Waals surface area contributed by atoms with Crippen molar-refractivity contribution in [2.75, 3.05) is 11.9 Å². The van der Waals surface area contributed by atoms with Gasteiger partial charge in [-0.3, -0.25) is 15.1 Å². The van der Waals surface area contributed by atoms with E-state index in [1.54, 1.807) is 35.3 Å². The molecule has 0 atom stereocenters. The van der Waals surface area contributed by atoms with Crippen LogP contribution in [0.3, 0.4) is 0 Å². The van der Waals surface area contributed by atoms with Gasteiger partial charge in [0.05, 0.1) is 10.6 Å². The van der Waals surface area contributed by atoms with Gasteiger partial charge in [0, 0.05) is 36.1 Å². The Balaban J connectivity index is 1.95. The zero-order valence-corrected chi connectivity index (χ0v) is 13.6. The highest BCUT2D eigenvalue weighted by atomic mass is 16.6. The standard InChI is InChI=1S/C18H17N5O2/c24-23(25)16-9-2-1-8-15(16)22-18-14(7-3-4-11-20-18)17(21-22)13-6-5-10-19-12-13/h1-2,5-6,8-10,12,20H,3-4,7,11H2. The van der Waals surface area contributed by atoms with E-state index in [2.05, 4.69) is 10.3 Å². The maximum atomic E-state index is 11.4. The van der Waals surface area contributed by atoms with Gasteiger partial charge in [0.25, 0.3) is 5.69 Å². The van der Waals surface area contributed by atoms with Gasteiger partial charge in [-0.1, -0.05) is 12.1 Å². The predicted octanol–water partition coefficient (Wildman–Crippen LogP) is 3.59. The molecular formula is C18H17N5O2. The maximum Gasteiger partial charge on any atom is 0.294 e. The van der Waals surface area contributed by atoms with Gasteiger partial charge < -0.3 is 5.32 Å². The first kappa shape index (κ1) is 15.3. The monoisotopic (exact) mass is 335 g/mol. The van der Waals surface area contributed by atoms with Crippen LogP contribution in [0.15, 0.2) is 48.8 Å². The number of hydrogen-bond acceptors (Lipinski definition) is 5. The van der Waals surface area contributed by atoms with E-state index in [1.807, 2.05) is 12.1 Å². The second-order valence-corrected chi connectivity index (χ2v) is 5.96. The van der Waals surface area contributed by atoms with E-state index in [9.17, 15) is 10.1 Å². The molecule has 0 bridgehead atoms. The molecule has 0 spiro atoms. The lowest BCUT2D eigenvalue weighted by molar-refractivity contribution is -0.384. The van der Waals surface area contributed by atoms with Crippen LogP contribution in [0.1, 0.15) is 18.4 Å². The van der Waals surface area contributed by atoms with Crippen LogP contribution >= 0.6 is 0 Å². The molecule has 0 saturated heterocycles. The molecule has 0 fully saturated rings. The summed E-state index contributed by atoms with van der Waals surface area (Å²) in [4.78, 5) is 15.3. The molecule has 25 heavy (non-hydrogen) atoms. The van der Waals surface area contributed by atoms with Crippen molar-refractivity contribution in [1.82, 2.24) is 14.8 Å². The molecule has 1 aliphatic heterocycles. The van der Waals surface area contributed by atoms with Crippen LogP contribution in [0.5, 0.6) is 0 Å². The molecule has 0 unspecified atom stereocenters. The molecule has 0 radical (unpaired) electrons. The molecule has 7 heteroatoms. The predicted molar refractivity (Wildman–Crippen MR) is 94.9 cm³/mol. The Morgan fingerprint density at radius 1 is 1.16 bits per heavy atom. The van der Waals surface area contributed by atoms with Crippen molar-refractivity contribution in [2.24, 2.45) is 0 Å². The maximum absolute atomic E-state index is 11.4. The molecule has 1 aliphatic rings. The largest absolute Gasteiger partial charge is 0.370 e. The van der Waals surface area contributed by atoms with Gasteiger partial charge in [-0.2, -0.15) is 5.10 Å². The van der Waals surface area contributed by atoms with Gasteiger partial charge in [0.2, 0.25) is 0 Å². The summed E-state index contributed by atoms with van der Waals surface area (Å²) in [5.74, 6) is 0.839. The van der Waals surface area contributed by atoms with Crippen LogP contribution in [0, 0.1) is 10.1 Å². The smallest absolute Gasteiger partial charge is 0.294 e. The summed E-state index contributed by atoms with van der Waals surface area (Å²) < 4.78 is 1.67. The Kier molecular flexibility index (Phi) is 3.89. The van der Waals surface area contributed by atoms with E-state index < -0.39 is 0 Å². The summed E-state index contributed by atoms with van der Waals surface area (Å²) >= 11 is 0. The minimum absolute atomic E-state index is 0.0385. The number of nitrogens with zero attached hydrogens (tertiary/aromatic N) is 4. The van der Waals surface area contributed by atoms with Crippen LogP contribution < -0.4 is 5.32 Å². The van der Waals surface area contributed by atoms with Gasteiger partial charge in [-0.05, 0) is 37.5 Å². The normalized spacial score (nSPS) is 13.6. The van der Waals surface area contributed by atoms with Crippen molar-refractivity contribution < 1.29 is 4.92 Å². The fraction of sp³-hybridized carbons (Fsp3) is 0.222. The fourth-order valence-electron chi connectivity index (χ4n) is 3.21. The first-order chi connectivity index (χ1) is 12.3. The molecule has 2 aromatic heterocycles. The third-order valence-corrected chi connectivity index (χ3v) is 4.37. The average molecular weight is 335 g/mol. The molecule has 4 rings (SSSR count). The third kappa shape index (κ3) is 2.73. The highest BCUT2D eigenvalue weighted by Crippen LogP contribution is 2.35. The molecule has 0 saturated carbocycles. The zero-order chi connectivity index (χ0) is 17.2. The number of aromatic nitrogens is 3. The summed E-state index contributed by atoms with van der Waals surface area (Å²) in [5.41, 5.74) is 3.34. The first-order valence-electron chi connectivity index (χ1n) is 8.25. The van der Waals surface area contributed by atoms with Crippen molar-refractivity contribution in [3.8, 4) is 16.9 Å². The minimum atomic E-state index is -0.371. The van der Waals surface area contributed by atoms with E-state index >= 15 is 0 Å². The quantitative estimate of drug-likeness (QED) is 0.584. The van der Waals surface area contributed by atoms with Gasteiger partial charge in [0.1, 0.15) is 11.5 Å². The summed E-state index contributed by atoms with van der Waals surface area (Å²) in [6.07, 6.45) is 6.48. The summed E-state index contributed by atoms with van der Waals surface area (Å²) in [6.45, 7) is 0.825. The number of nitro benzene ring substituents is 1. The number of rotatable bonds is 3. The minimum Gasteiger partial charge on any atom is -0.370 e. The molecule has 1 aromatic carbocycles. The van der Waals surface area contributed by atoms with Crippen molar-refractivity contribution in [3.63, 3.8) is 0 Å². The first-order valence-corrected chi connectivity index (χ1v) is 8.25. The molecule has 1 N–H and O–H groups in total. The van der Waals surface area contributed by atoms with Crippen molar-refractivity contribution in [1.29, 1.82) is 0 Å². The highest BCUT2D eigenvalue weighted by Gasteiger charge is 2.25.